The van der Waals surface area contributed by atoms with Gasteiger partial charge in [-0.3, -0.25) is 4.98 Å². The largest absolute Gasteiger partial charge is 0 e. The van der Waals surface area contributed by atoms with Crippen LogP contribution in [0.3, 0.4) is 0 Å². The van der Waals surface area contributed by atoms with Gasteiger partial charge in [0, 0.05) is 30.5 Å². The van der Waals surface area contributed by atoms with Crippen LogP contribution >= 0.6 is 11.3 Å². The van der Waals surface area contributed by atoms with Gasteiger partial charge in [0.1, 0.15) is 0 Å². The third kappa shape index (κ3) is 9.78. The minimum atomic E-state index is -2.27. The van der Waals surface area contributed by atoms with Gasteiger partial charge in [0.2, 0.25) is 0 Å². The maximum Gasteiger partial charge on any atom is 0 e. The van der Waals surface area contributed by atoms with E-state index in [4.69, 9.17) is 9.10 Å². The molecule has 0 aliphatic heterocycles. The summed E-state index contributed by atoms with van der Waals surface area (Å²) in [5.41, 5.74) is 16.4. The van der Waals surface area contributed by atoms with Crippen molar-refractivity contribution in [2.24, 2.45) is 0 Å². The van der Waals surface area contributed by atoms with Crippen LogP contribution < -0.4 is 4.40 Å². The molecule has 0 aliphatic carbocycles. The molecular weight excluding hydrogens is 1110 g/mol. The van der Waals surface area contributed by atoms with E-state index in [-0.39, 0.29) is 20.1 Å². The van der Waals surface area contributed by atoms with Crippen LogP contribution in [0.15, 0.2) is 188 Å². The normalized spacial score (nSPS) is 12.4. The molecule has 3 aromatic heterocycles. The number of nitrogens with zero attached hydrogens (tertiary/aromatic N) is 3. The van der Waals surface area contributed by atoms with E-state index in [0.717, 1.165) is 32.4 Å². The number of hydrogen-bond acceptors (Lipinski definition) is 3. The van der Waals surface area contributed by atoms with Crippen molar-refractivity contribution in [1.29, 1.82) is 0 Å². The predicted molar refractivity (Wildman–Crippen MR) is 299 cm³/mol. The van der Waals surface area contributed by atoms with Crippen molar-refractivity contribution in [1.82, 2.24) is 14.5 Å². The second-order valence-electron chi connectivity index (χ2n) is 19.4. The summed E-state index contributed by atoms with van der Waals surface area (Å²) >= 11 is -0.429. The van der Waals surface area contributed by atoms with Crippen LogP contribution in [0.4, 0.5) is 0 Å². The molecule has 0 atom stereocenters. The number of benzene rings is 8. The van der Waals surface area contributed by atoms with Gasteiger partial charge in [0.05, 0.1) is 16.9 Å². The van der Waals surface area contributed by atoms with E-state index in [1.807, 2.05) is 35.6 Å². The number of hydrogen-bond donors (Lipinski definition) is 0. The molecule has 0 aliphatic rings. The first-order chi connectivity index (χ1) is 34.6. The SMILES string of the molecule is CC(C)c1cc(-c2ccccc2)cc(C(C)C)c1-n1c(-c2[c-]ccc3c2sc2ccc(-c4ccc(-c5ccccc5)cc4)cc23)nc2ccccc21.[2H]C([2H])([2H])c1cc(-c2[c-]cccc2)nc[c]1[Ge]([CH3])([CH3])[CH3].[Ir]. The predicted octanol–water partition coefficient (Wildman–Crippen LogP) is 17.5. The van der Waals surface area contributed by atoms with E-state index in [0.29, 0.717) is 23.1 Å². The molecule has 0 saturated carbocycles. The summed E-state index contributed by atoms with van der Waals surface area (Å²) in [6, 6.07) is 70.8. The first-order valence-corrected chi connectivity index (χ1v) is 32.0. The Labute approximate surface area is 438 Å². The molecule has 0 unspecified atom stereocenters. The van der Waals surface area contributed by atoms with Gasteiger partial charge >= 0.3 is 110 Å². The minimum absolute atomic E-state index is 0. The Morgan fingerprint density at radius 2 is 1.19 bits per heavy atom. The number of aryl methyl sites for hydroxylation is 1. The minimum Gasteiger partial charge on any atom is 0 e. The Kier molecular flexibility index (Phi) is 13.3. The van der Waals surface area contributed by atoms with Gasteiger partial charge in [-0.1, -0.05) is 142 Å². The molecule has 11 aromatic rings. The fraction of sp³-hybridized carbons (Fsp3) is 0.156. The first kappa shape index (κ1) is 45.0. The van der Waals surface area contributed by atoms with Gasteiger partial charge < -0.3 is 4.57 Å². The smallest absolute Gasteiger partial charge is 0 e. The Morgan fingerprint density at radius 3 is 1.81 bits per heavy atom. The van der Waals surface area contributed by atoms with Crippen LogP contribution in [0.2, 0.25) is 17.3 Å². The summed E-state index contributed by atoms with van der Waals surface area (Å²) in [7, 11) is 0. The van der Waals surface area contributed by atoms with Crippen LogP contribution in [0.25, 0.3) is 92.9 Å². The summed E-state index contributed by atoms with van der Waals surface area (Å²) in [5, 5.41) is 2.50. The van der Waals surface area contributed by atoms with Gasteiger partial charge in [-0.05, 0) is 103 Å². The van der Waals surface area contributed by atoms with Crippen molar-refractivity contribution in [3.63, 3.8) is 0 Å². The second-order valence-corrected chi connectivity index (χ2v) is 31.1. The standard InChI is InChI=1S/C49H39N2S.C15H18GeN.Ir/c1-31(2)41-29-38(34-16-9-6-10-17-34)30-42(32(3)4)47(41)51-45-21-12-11-20-44(45)50-49(51)40-19-13-18-39-43-28-37(26-27-46(43)52-48(39)40)36-24-22-35(23-25-36)33-14-7-5-8-15-33;1-12-10-15(13-8-6-5-7-9-13)17-11-14(12)16(2,3)4;/h5-18,20-32H,1-4H3;5-8,10-11H,1-4H3;/q2*-1;/i;1D3;. The number of fused-ring (bicyclic) bond motifs is 4. The molecule has 0 amide bonds. The van der Waals surface area contributed by atoms with Crippen LogP contribution in [0, 0.1) is 19.0 Å². The zero-order valence-corrected chi connectivity index (χ0v) is 45.9. The van der Waals surface area contributed by atoms with Gasteiger partial charge in [-0.25, -0.2) is 0 Å². The molecule has 6 heteroatoms. The quantitative estimate of drug-likeness (QED) is 0.107. The number of imidazole rings is 1. The molecule has 3 nitrogen and oxygen atoms in total. The van der Waals surface area contributed by atoms with Crippen LogP contribution in [-0.2, 0) is 20.1 Å². The van der Waals surface area contributed by atoms with Crippen LogP contribution in [0.1, 0.15) is 60.3 Å². The number of rotatable bonds is 9. The van der Waals surface area contributed by atoms with Crippen molar-refractivity contribution in [3.05, 3.63) is 217 Å². The summed E-state index contributed by atoms with van der Waals surface area (Å²) in [5.74, 6) is 8.08. The molecule has 8 aromatic carbocycles. The van der Waals surface area contributed by atoms with Crippen molar-refractivity contribution in [2.75, 3.05) is 0 Å². The fourth-order valence-electron chi connectivity index (χ4n) is 9.36. The monoisotopic (exact) mass is 1170 g/mol. The Bertz CT molecular complexity index is 3680. The number of aromatic nitrogens is 3. The topological polar surface area (TPSA) is 30.7 Å². The zero-order chi connectivity index (χ0) is 50.3. The first-order valence-electron chi connectivity index (χ1n) is 25.4. The van der Waals surface area contributed by atoms with E-state index in [1.54, 1.807) is 12.3 Å². The van der Waals surface area contributed by atoms with Crippen molar-refractivity contribution in [2.45, 2.75) is 63.7 Å². The number of pyridine rings is 1. The van der Waals surface area contributed by atoms with Gasteiger partial charge in [0.25, 0.3) is 0 Å². The molecule has 0 spiro atoms. The van der Waals surface area contributed by atoms with Gasteiger partial charge in [-0.2, -0.15) is 11.3 Å². The zero-order valence-electron chi connectivity index (χ0n) is 43.6. The van der Waals surface area contributed by atoms with Crippen LogP contribution in [-0.4, -0.2) is 27.8 Å². The third-order valence-corrected chi connectivity index (χ3v) is 18.4. The van der Waals surface area contributed by atoms with Gasteiger partial charge in [-0.15, -0.1) is 18.2 Å². The number of thiophene rings is 1. The molecule has 0 fully saturated rings. The van der Waals surface area contributed by atoms with Gasteiger partial charge in [0.15, 0.2) is 0 Å². The van der Waals surface area contributed by atoms with E-state index in [2.05, 4.69) is 218 Å². The molecular formula is C64H57GeIrN3S-2. The molecule has 0 N–H and O–H groups in total. The molecule has 70 heavy (non-hydrogen) atoms. The maximum atomic E-state index is 7.78. The van der Waals surface area contributed by atoms with E-state index >= 15 is 0 Å². The molecule has 349 valence electrons. The molecule has 3 heterocycles. The van der Waals surface area contributed by atoms with Crippen molar-refractivity contribution >= 4 is 60.2 Å². The average molecular weight is 1170 g/mol. The summed E-state index contributed by atoms with van der Waals surface area (Å²) in [4.78, 5) is 9.85. The van der Waals surface area contributed by atoms with E-state index in [9.17, 15) is 0 Å². The Balaban J connectivity index is 0.000000264. The third-order valence-electron chi connectivity index (χ3n) is 13.0. The molecule has 0 bridgehead atoms. The molecule has 0 saturated heterocycles. The van der Waals surface area contributed by atoms with Crippen molar-refractivity contribution < 1.29 is 24.2 Å². The fourth-order valence-corrected chi connectivity index (χ4v) is 13.3. The van der Waals surface area contributed by atoms with E-state index < -0.39 is 20.1 Å². The maximum absolute atomic E-state index is 7.78. The van der Waals surface area contributed by atoms with Crippen LogP contribution in [0.5, 0.6) is 0 Å². The average Bonchev–Trinajstić information content (AvgIpc) is 3.97. The number of para-hydroxylation sites is 2. The second kappa shape index (κ2) is 20.6. The van der Waals surface area contributed by atoms with Crippen molar-refractivity contribution in [3.8, 4) is 61.7 Å². The molecule has 1 radical (unpaired) electrons. The van der Waals surface area contributed by atoms with E-state index in [1.165, 1.54) is 70.4 Å². The Morgan fingerprint density at radius 1 is 0.586 bits per heavy atom. The summed E-state index contributed by atoms with van der Waals surface area (Å²) < 4.78 is 29.2. The molecule has 11 rings (SSSR count). The Hall–Kier alpha value is -6.21. The summed E-state index contributed by atoms with van der Waals surface area (Å²) in [6.45, 7) is 7.13. The summed E-state index contributed by atoms with van der Waals surface area (Å²) in [6.07, 6.45) is 1.76.